The van der Waals surface area contributed by atoms with Gasteiger partial charge in [-0.2, -0.15) is 0 Å². The molecule has 3 heterocycles. The molecule has 22 heavy (non-hydrogen) atoms. The van der Waals surface area contributed by atoms with Gasteiger partial charge in [0.1, 0.15) is 5.58 Å². The van der Waals surface area contributed by atoms with Crippen molar-refractivity contribution in [3.05, 3.63) is 54.8 Å². The average molecular weight is 298 g/mol. The van der Waals surface area contributed by atoms with E-state index in [9.17, 15) is 0 Å². The van der Waals surface area contributed by atoms with Crippen LogP contribution in [-0.2, 0) is 21.8 Å². The molecule has 2 unspecified atom stereocenters. The lowest BCUT2D eigenvalue weighted by molar-refractivity contribution is -0.198. The highest BCUT2D eigenvalue weighted by atomic mass is 16.8. The molecule has 1 aliphatic heterocycles. The van der Waals surface area contributed by atoms with Crippen LogP contribution in [0.3, 0.4) is 0 Å². The van der Waals surface area contributed by atoms with Gasteiger partial charge in [-0.25, -0.2) is 4.98 Å². The van der Waals surface area contributed by atoms with Gasteiger partial charge < -0.3 is 18.5 Å². The molecule has 2 atom stereocenters. The van der Waals surface area contributed by atoms with E-state index < -0.39 is 5.79 Å². The molecule has 1 aliphatic rings. The van der Waals surface area contributed by atoms with E-state index in [-0.39, 0.29) is 6.10 Å². The third kappa shape index (κ3) is 2.23. The number of fused-ring (bicyclic) bond motifs is 1. The van der Waals surface area contributed by atoms with Gasteiger partial charge in [-0.1, -0.05) is 25.1 Å². The van der Waals surface area contributed by atoms with Gasteiger partial charge in [0, 0.05) is 17.8 Å². The fourth-order valence-electron chi connectivity index (χ4n) is 2.85. The third-order valence-electron chi connectivity index (χ3n) is 4.07. The van der Waals surface area contributed by atoms with Crippen molar-refractivity contribution in [3.63, 3.8) is 0 Å². The molecule has 3 aromatic rings. The molecule has 2 aromatic heterocycles. The van der Waals surface area contributed by atoms with Gasteiger partial charge in [-0.05, 0) is 18.6 Å². The van der Waals surface area contributed by atoms with Crippen LogP contribution in [0.4, 0.5) is 0 Å². The summed E-state index contributed by atoms with van der Waals surface area (Å²) in [5, 5.41) is 1.05. The molecule has 5 heteroatoms. The summed E-state index contributed by atoms with van der Waals surface area (Å²) < 4.78 is 20.3. The fraction of sp³-hybridized carbons (Fsp3) is 0.353. The molecule has 0 spiro atoms. The predicted octanol–water partition coefficient (Wildman–Crippen LogP) is 3.31. The molecule has 0 aliphatic carbocycles. The number of rotatable bonds is 4. The Hall–Kier alpha value is -2.11. The molecule has 0 amide bonds. The van der Waals surface area contributed by atoms with E-state index in [0.717, 1.165) is 17.4 Å². The van der Waals surface area contributed by atoms with Gasteiger partial charge in [-0.15, -0.1) is 0 Å². The minimum Gasteiger partial charge on any atom is -0.455 e. The Morgan fingerprint density at radius 3 is 3.00 bits per heavy atom. The van der Waals surface area contributed by atoms with Gasteiger partial charge in [0.15, 0.2) is 5.76 Å². The zero-order chi connectivity index (χ0) is 15.0. The molecule has 0 bridgehead atoms. The Labute approximate surface area is 128 Å². The molecule has 5 nitrogen and oxygen atoms in total. The molecule has 1 saturated heterocycles. The predicted molar refractivity (Wildman–Crippen MR) is 81.2 cm³/mol. The second kappa shape index (κ2) is 5.26. The first-order valence-electron chi connectivity index (χ1n) is 7.56. The Balaban J connectivity index is 1.76. The van der Waals surface area contributed by atoms with Crippen molar-refractivity contribution in [2.75, 3.05) is 6.61 Å². The molecule has 0 N–H and O–H groups in total. The number of furan rings is 1. The van der Waals surface area contributed by atoms with Gasteiger partial charge in [-0.3, -0.25) is 0 Å². The van der Waals surface area contributed by atoms with Gasteiger partial charge >= 0.3 is 0 Å². The molecule has 1 aromatic carbocycles. The van der Waals surface area contributed by atoms with Crippen LogP contribution in [0.2, 0.25) is 0 Å². The lowest BCUT2D eigenvalue weighted by Gasteiger charge is -2.26. The van der Waals surface area contributed by atoms with Crippen LogP contribution in [0.15, 0.2) is 53.5 Å². The smallest absolute Gasteiger partial charge is 0.247 e. The van der Waals surface area contributed by atoms with Crippen LogP contribution < -0.4 is 0 Å². The molecule has 0 radical (unpaired) electrons. The zero-order valence-electron chi connectivity index (χ0n) is 12.4. The lowest BCUT2D eigenvalue weighted by Crippen LogP contribution is -2.32. The summed E-state index contributed by atoms with van der Waals surface area (Å²) in [6.07, 6.45) is 6.40. The second-order valence-electron chi connectivity index (χ2n) is 5.60. The highest BCUT2D eigenvalue weighted by molar-refractivity contribution is 5.77. The Morgan fingerprint density at radius 2 is 2.27 bits per heavy atom. The van der Waals surface area contributed by atoms with Crippen molar-refractivity contribution in [1.82, 2.24) is 9.55 Å². The van der Waals surface area contributed by atoms with E-state index >= 15 is 0 Å². The summed E-state index contributed by atoms with van der Waals surface area (Å²) in [7, 11) is 0. The van der Waals surface area contributed by atoms with Crippen molar-refractivity contribution in [2.24, 2.45) is 0 Å². The van der Waals surface area contributed by atoms with Gasteiger partial charge in [0.2, 0.25) is 5.79 Å². The Kier molecular flexibility index (Phi) is 3.24. The van der Waals surface area contributed by atoms with E-state index in [1.165, 1.54) is 0 Å². The maximum atomic E-state index is 6.22. The maximum Gasteiger partial charge on any atom is 0.247 e. The molecule has 0 saturated carbocycles. The number of hydrogen-bond donors (Lipinski definition) is 0. The first-order chi connectivity index (χ1) is 10.8. The van der Waals surface area contributed by atoms with E-state index in [4.69, 9.17) is 13.9 Å². The molecule has 1 fully saturated rings. The maximum absolute atomic E-state index is 6.22. The third-order valence-corrected chi connectivity index (χ3v) is 4.07. The number of ether oxygens (including phenoxy) is 2. The average Bonchev–Trinajstić information content (AvgIpc) is 3.26. The first kappa shape index (κ1) is 13.5. The molecular formula is C17H18N2O3. The van der Waals surface area contributed by atoms with Crippen LogP contribution in [0.5, 0.6) is 0 Å². The molecule has 4 rings (SSSR count). The topological polar surface area (TPSA) is 49.4 Å². The second-order valence-corrected chi connectivity index (χ2v) is 5.60. The van der Waals surface area contributed by atoms with Crippen LogP contribution in [0.25, 0.3) is 11.0 Å². The van der Waals surface area contributed by atoms with Crippen molar-refractivity contribution in [3.8, 4) is 0 Å². The monoisotopic (exact) mass is 298 g/mol. The van der Waals surface area contributed by atoms with E-state index in [2.05, 4.69) is 11.9 Å². The number of imidazole rings is 1. The SMILES string of the molecule is CCC1COC(Cn2ccnc2)(c2cc3ccccc3o2)O1. The van der Waals surface area contributed by atoms with Crippen molar-refractivity contribution in [2.45, 2.75) is 31.8 Å². The number of para-hydroxylation sites is 1. The van der Waals surface area contributed by atoms with Gasteiger partial charge in [0.25, 0.3) is 0 Å². The number of benzene rings is 1. The van der Waals surface area contributed by atoms with Crippen molar-refractivity contribution >= 4 is 11.0 Å². The standard InChI is InChI=1S/C17H18N2O3/c1-2-14-10-20-17(22-14,11-19-8-7-18-12-19)16-9-13-5-3-4-6-15(13)21-16/h3-9,12,14H,2,10-11H2,1H3. The largest absolute Gasteiger partial charge is 0.455 e. The number of aromatic nitrogens is 2. The highest BCUT2D eigenvalue weighted by Gasteiger charge is 2.46. The quantitative estimate of drug-likeness (QED) is 0.741. The Bertz CT molecular complexity index is 732. The van der Waals surface area contributed by atoms with E-state index in [1.54, 1.807) is 12.5 Å². The number of nitrogens with zero attached hydrogens (tertiary/aromatic N) is 2. The summed E-state index contributed by atoms with van der Waals surface area (Å²) in [4.78, 5) is 4.09. The van der Waals surface area contributed by atoms with Crippen molar-refractivity contribution in [1.29, 1.82) is 0 Å². The van der Waals surface area contributed by atoms with Crippen LogP contribution >= 0.6 is 0 Å². The normalized spacial score (nSPS) is 25.0. The fourth-order valence-corrected chi connectivity index (χ4v) is 2.85. The van der Waals surface area contributed by atoms with E-state index in [0.29, 0.717) is 18.9 Å². The molecule has 114 valence electrons. The first-order valence-corrected chi connectivity index (χ1v) is 7.56. The summed E-state index contributed by atoms with van der Waals surface area (Å²) in [6.45, 7) is 3.19. The Morgan fingerprint density at radius 1 is 1.36 bits per heavy atom. The minimum absolute atomic E-state index is 0.0803. The lowest BCUT2D eigenvalue weighted by atomic mass is 10.1. The highest BCUT2D eigenvalue weighted by Crippen LogP contribution is 2.39. The summed E-state index contributed by atoms with van der Waals surface area (Å²) in [5.41, 5.74) is 0.842. The van der Waals surface area contributed by atoms with Crippen molar-refractivity contribution < 1.29 is 13.9 Å². The number of hydrogen-bond acceptors (Lipinski definition) is 4. The summed E-state index contributed by atoms with van der Waals surface area (Å²) in [6, 6.07) is 9.94. The van der Waals surface area contributed by atoms with Crippen LogP contribution in [-0.4, -0.2) is 22.3 Å². The minimum atomic E-state index is -0.888. The summed E-state index contributed by atoms with van der Waals surface area (Å²) >= 11 is 0. The van der Waals surface area contributed by atoms with E-state index in [1.807, 2.05) is 41.1 Å². The zero-order valence-corrected chi connectivity index (χ0v) is 12.4. The van der Waals surface area contributed by atoms with Gasteiger partial charge in [0.05, 0.1) is 25.6 Å². The summed E-state index contributed by atoms with van der Waals surface area (Å²) in [5.74, 6) is -0.182. The molecular weight excluding hydrogens is 280 g/mol. The van der Waals surface area contributed by atoms with Crippen LogP contribution in [0.1, 0.15) is 19.1 Å². The van der Waals surface area contributed by atoms with Crippen LogP contribution in [0, 0.1) is 0 Å².